The first-order valence-electron chi connectivity index (χ1n) is 9.14. The topological polar surface area (TPSA) is 82.8 Å². The molecule has 0 unspecified atom stereocenters. The van der Waals surface area contributed by atoms with Gasteiger partial charge in [0.15, 0.2) is 0 Å². The summed E-state index contributed by atoms with van der Waals surface area (Å²) in [5, 5.41) is 12.6. The molecule has 1 atom stereocenters. The second-order valence-electron chi connectivity index (χ2n) is 6.98. The number of carbonyl (C=O) groups excluding carboxylic acids is 1. The summed E-state index contributed by atoms with van der Waals surface area (Å²) < 4.78 is 5.43. The second kappa shape index (κ2) is 8.27. The fourth-order valence-electron chi connectivity index (χ4n) is 3.16. The number of nitrogens with one attached hydrogen (secondary N) is 1. The van der Waals surface area contributed by atoms with Crippen molar-refractivity contribution in [2.24, 2.45) is 0 Å². The first-order chi connectivity index (χ1) is 13.4. The van der Waals surface area contributed by atoms with Crippen molar-refractivity contribution in [1.82, 2.24) is 5.32 Å². The predicted molar refractivity (Wildman–Crippen MR) is 111 cm³/mol. The number of aryl methyl sites for hydroxylation is 1. The summed E-state index contributed by atoms with van der Waals surface area (Å²) in [7, 11) is 1.79. The van der Waals surface area contributed by atoms with Gasteiger partial charge in [-0.2, -0.15) is 0 Å². The molecule has 1 amide bonds. The van der Waals surface area contributed by atoms with Gasteiger partial charge in [0.2, 0.25) is 5.91 Å². The molecule has 2 N–H and O–H groups in total. The van der Waals surface area contributed by atoms with Crippen molar-refractivity contribution in [3.8, 4) is 11.1 Å². The highest BCUT2D eigenvalue weighted by Crippen LogP contribution is 2.31. The fourth-order valence-corrected chi connectivity index (χ4v) is 3.16. The smallest absolute Gasteiger partial charge is 0.336 e. The van der Waals surface area contributed by atoms with Crippen LogP contribution in [0.1, 0.15) is 12.5 Å². The van der Waals surface area contributed by atoms with Crippen LogP contribution in [0.15, 0.2) is 57.7 Å². The largest absolute Gasteiger partial charge is 0.423 e. The summed E-state index contributed by atoms with van der Waals surface area (Å²) in [5.74, 6) is -0.195. The molecule has 0 radical (unpaired) electrons. The van der Waals surface area contributed by atoms with Crippen LogP contribution in [0.5, 0.6) is 0 Å². The third kappa shape index (κ3) is 4.23. The maximum absolute atomic E-state index is 12.1. The Morgan fingerprint density at radius 1 is 1.18 bits per heavy atom. The molecule has 0 saturated carbocycles. The monoisotopic (exact) mass is 380 g/mol. The molecule has 3 aromatic rings. The third-order valence-corrected chi connectivity index (χ3v) is 4.67. The lowest BCUT2D eigenvalue weighted by Crippen LogP contribution is -2.41. The Kier molecular flexibility index (Phi) is 5.80. The molecule has 1 heterocycles. The van der Waals surface area contributed by atoms with E-state index in [1.54, 1.807) is 24.9 Å². The zero-order chi connectivity index (χ0) is 20.3. The quantitative estimate of drug-likeness (QED) is 0.643. The van der Waals surface area contributed by atoms with E-state index in [4.69, 9.17) is 9.52 Å². The Balaban J connectivity index is 1.95. The van der Waals surface area contributed by atoms with Crippen molar-refractivity contribution < 1.29 is 14.3 Å². The van der Waals surface area contributed by atoms with Gasteiger partial charge < -0.3 is 19.7 Å². The van der Waals surface area contributed by atoms with Gasteiger partial charge in [-0.1, -0.05) is 24.3 Å². The lowest BCUT2D eigenvalue weighted by molar-refractivity contribution is -0.120. The van der Waals surface area contributed by atoms with Crippen LogP contribution in [-0.2, 0) is 4.79 Å². The van der Waals surface area contributed by atoms with Crippen LogP contribution in [-0.4, -0.2) is 37.3 Å². The number of aliphatic hydroxyl groups excluding tert-OH is 1. The minimum Gasteiger partial charge on any atom is -0.423 e. The number of likely N-dealkylation sites (N-methyl/N-ethyl adjacent to an activating group) is 1. The zero-order valence-corrected chi connectivity index (χ0v) is 16.2. The molecule has 0 bridgehead atoms. The Hall–Kier alpha value is -3.12. The van der Waals surface area contributed by atoms with Gasteiger partial charge in [0.05, 0.1) is 13.2 Å². The standard InChI is InChI=1S/C22H24N2O4/c1-14-6-4-5-7-17(14)19-11-22(27)28-20-10-16(8-9-18(19)20)24(3)12-21(26)23-15(2)13-25/h4-11,15,25H,12-13H2,1-3H3,(H,23,26)/t15-/m0/s1. The minimum atomic E-state index is -0.417. The molecule has 2 aromatic carbocycles. The van der Waals surface area contributed by atoms with Gasteiger partial charge >= 0.3 is 5.63 Å². The molecule has 0 aliphatic rings. The van der Waals surface area contributed by atoms with Crippen molar-refractivity contribution in [3.63, 3.8) is 0 Å². The lowest BCUT2D eigenvalue weighted by atomic mass is 9.98. The average molecular weight is 380 g/mol. The average Bonchev–Trinajstić information content (AvgIpc) is 2.67. The molecule has 0 aliphatic heterocycles. The lowest BCUT2D eigenvalue weighted by Gasteiger charge is -2.20. The molecule has 146 valence electrons. The van der Waals surface area contributed by atoms with Gasteiger partial charge in [-0.15, -0.1) is 0 Å². The van der Waals surface area contributed by atoms with Crippen molar-refractivity contribution in [2.75, 3.05) is 25.1 Å². The highest BCUT2D eigenvalue weighted by atomic mass is 16.4. The van der Waals surface area contributed by atoms with Crippen LogP contribution in [0.3, 0.4) is 0 Å². The van der Waals surface area contributed by atoms with Crippen LogP contribution in [0.4, 0.5) is 5.69 Å². The molecule has 0 aliphatic carbocycles. The zero-order valence-electron chi connectivity index (χ0n) is 16.2. The number of aliphatic hydroxyl groups is 1. The van der Waals surface area contributed by atoms with Crippen LogP contribution in [0.25, 0.3) is 22.1 Å². The van der Waals surface area contributed by atoms with E-state index in [-0.39, 0.29) is 25.1 Å². The van der Waals surface area contributed by atoms with Crippen molar-refractivity contribution in [3.05, 3.63) is 64.5 Å². The van der Waals surface area contributed by atoms with Gasteiger partial charge in [0.25, 0.3) is 0 Å². The third-order valence-electron chi connectivity index (χ3n) is 4.67. The van der Waals surface area contributed by atoms with E-state index in [1.807, 2.05) is 43.3 Å². The number of nitrogens with zero attached hydrogens (tertiary/aromatic N) is 1. The fraction of sp³-hybridized carbons (Fsp3) is 0.273. The highest BCUT2D eigenvalue weighted by Gasteiger charge is 2.14. The normalized spacial score (nSPS) is 12.0. The number of carbonyl (C=O) groups is 1. The number of hydrogen-bond acceptors (Lipinski definition) is 5. The molecule has 28 heavy (non-hydrogen) atoms. The molecule has 6 heteroatoms. The first-order valence-corrected chi connectivity index (χ1v) is 9.14. The van der Waals surface area contributed by atoms with E-state index in [2.05, 4.69) is 5.32 Å². The molecule has 3 rings (SSSR count). The van der Waals surface area contributed by atoms with Crippen LogP contribution < -0.4 is 15.8 Å². The Labute approximate surface area is 163 Å². The van der Waals surface area contributed by atoms with Gasteiger partial charge in [-0.3, -0.25) is 4.79 Å². The first kappa shape index (κ1) is 19.6. The van der Waals surface area contributed by atoms with Gasteiger partial charge in [-0.05, 0) is 37.1 Å². The number of fused-ring (bicyclic) bond motifs is 1. The number of amides is 1. The molecule has 0 saturated heterocycles. The van der Waals surface area contributed by atoms with E-state index in [9.17, 15) is 9.59 Å². The number of hydrogen-bond donors (Lipinski definition) is 2. The maximum atomic E-state index is 12.1. The molecule has 0 spiro atoms. The second-order valence-corrected chi connectivity index (χ2v) is 6.98. The Bertz CT molecular complexity index is 1060. The molecular weight excluding hydrogens is 356 g/mol. The van der Waals surface area contributed by atoms with Crippen LogP contribution >= 0.6 is 0 Å². The summed E-state index contributed by atoms with van der Waals surface area (Å²) in [4.78, 5) is 26.0. The van der Waals surface area contributed by atoms with E-state index in [0.29, 0.717) is 5.58 Å². The van der Waals surface area contributed by atoms with Crippen LogP contribution in [0, 0.1) is 6.92 Å². The molecule has 0 fully saturated rings. The minimum absolute atomic E-state index is 0.113. The Morgan fingerprint density at radius 3 is 2.64 bits per heavy atom. The summed E-state index contributed by atoms with van der Waals surface area (Å²) in [6.45, 7) is 3.75. The number of rotatable bonds is 6. The summed E-state index contributed by atoms with van der Waals surface area (Å²) in [5.41, 5.74) is 3.70. The molecule has 6 nitrogen and oxygen atoms in total. The van der Waals surface area contributed by atoms with E-state index >= 15 is 0 Å². The molecule has 1 aromatic heterocycles. The van der Waals surface area contributed by atoms with Crippen LogP contribution in [0.2, 0.25) is 0 Å². The van der Waals surface area contributed by atoms with Gasteiger partial charge in [0, 0.05) is 41.9 Å². The van der Waals surface area contributed by atoms with E-state index < -0.39 is 5.63 Å². The van der Waals surface area contributed by atoms with E-state index in [1.165, 1.54) is 6.07 Å². The predicted octanol–water partition coefficient (Wildman–Crippen LogP) is 2.70. The maximum Gasteiger partial charge on any atom is 0.336 e. The SMILES string of the molecule is Cc1ccccc1-c1cc(=O)oc2cc(N(C)CC(=O)N[C@@H](C)CO)ccc12. The molecular formula is C22H24N2O4. The van der Waals surface area contributed by atoms with Crippen molar-refractivity contribution in [2.45, 2.75) is 19.9 Å². The Morgan fingerprint density at radius 2 is 1.93 bits per heavy atom. The summed E-state index contributed by atoms with van der Waals surface area (Å²) in [6.07, 6.45) is 0. The van der Waals surface area contributed by atoms with Crippen molar-refractivity contribution >= 4 is 22.6 Å². The van der Waals surface area contributed by atoms with Gasteiger partial charge in [0.1, 0.15) is 5.58 Å². The highest BCUT2D eigenvalue weighted by molar-refractivity contribution is 5.95. The number of anilines is 1. The van der Waals surface area contributed by atoms with Crippen molar-refractivity contribution in [1.29, 1.82) is 0 Å². The number of benzene rings is 2. The summed E-state index contributed by atoms with van der Waals surface area (Å²) >= 11 is 0. The van der Waals surface area contributed by atoms with E-state index in [0.717, 1.165) is 27.8 Å². The summed E-state index contributed by atoms with van der Waals surface area (Å²) in [6, 6.07) is 14.7. The van der Waals surface area contributed by atoms with Gasteiger partial charge in [-0.25, -0.2) is 4.79 Å².